The molecule has 0 saturated carbocycles. The van der Waals surface area contributed by atoms with Gasteiger partial charge in [-0.3, -0.25) is 9.78 Å². The van der Waals surface area contributed by atoms with Crippen LogP contribution in [0.25, 0.3) is 0 Å². The second kappa shape index (κ2) is 3.92. The Morgan fingerprint density at radius 1 is 1.00 bits per heavy atom. The molecule has 1 amide bonds. The smallest absolute Gasteiger partial charge is 0.254 e. The van der Waals surface area contributed by atoms with Gasteiger partial charge in [-0.05, 0) is 36.1 Å². The van der Waals surface area contributed by atoms with E-state index in [0.717, 1.165) is 18.4 Å². The van der Waals surface area contributed by atoms with Crippen molar-refractivity contribution in [2.75, 3.05) is 0 Å². The Bertz CT molecular complexity index is 607. The fraction of sp³-hybridized carbons (Fsp3) is 0.250. The zero-order valence-corrected chi connectivity index (χ0v) is 10.5. The Kier molecular flexibility index (Phi) is 2.21. The largest absolute Gasteiger partial charge is 0.325 e. The summed E-state index contributed by atoms with van der Waals surface area (Å²) in [5.41, 5.74) is 3.40. The quantitative estimate of drug-likeness (QED) is 0.779. The monoisotopic (exact) mass is 250 g/mol. The first kappa shape index (κ1) is 10.7. The second-order valence-corrected chi connectivity index (χ2v) is 5.19. The number of benzene rings is 1. The SMILES string of the molecule is O=C(c1ccncc1)N1[C@H]2CC[C@H]1c1ccccc12. The minimum Gasteiger partial charge on any atom is -0.325 e. The minimum absolute atomic E-state index is 0.131. The van der Waals surface area contributed by atoms with E-state index in [4.69, 9.17) is 0 Å². The van der Waals surface area contributed by atoms with Gasteiger partial charge in [0.1, 0.15) is 0 Å². The molecule has 2 aliphatic heterocycles. The maximum atomic E-state index is 12.7. The van der Waals surface area contributed by atoms with Crippen molar-refractivity contribution in [2.45, 2.75) is 24.9 Å². The summed E-state index contributed by atoms with van der Waals surface area (Å²) in [7, 11) is 0. The lowest BCUT2D eigenvalue weighted by molar-refractivity contribution is 0.0697. The van der Waals surface area contributed by atoms with E-state index in [0.29, 0.717) is 0 Å². The molecule has 19 heavy (non-hydrogen) atoms. The molecule has 3 heteroatoms. The lowest BCUT2D eigenvalue weighted by Crippen LogP contribution is -2.27. The van der Waals surface area contributed by atoms with E-state index < -0.39 is 0 Å². The molecular weight excluding hydrogens is 236 g/mol. The number of carbonyl (C=O) groups excluding carboxylic acids is 1. The van der Waals surface area contributed by atoms with Gasteiger partial charge in [-0.1, -0.05) is 24.3 Å². The Morgan fingerprint density at radius 2 is 1.58 bits per heavy atom. The van der Waals surface area contributed by atoms with Crippen LogP contribution in [0.4, 0.5) is 0 Å². The molecule has 0 radical (unpaired) electrons. The van der Waals surface area contributed by atoms with Crippen molar-refractivity contribution in [2.24, 2.45) is 0 Å². The first-order valence-corrected chi connectivity index (χ1v) is 6.68. The topological polar surface area (TPSA) is 33.2 Å². The van der Waals surface area contributed by atoms with Gasteiger partial charge in [0.15, 0.2) is 0 Å². The normalized spacial score (nSPS) is 23.5. The molecule has 2 bridgehead atoms. The van der Waals surface area contributed by atoms with Crippen molar-refractivity contribution in [3.8, 4) is 0 Å². The average molecular weight is 250 g/mol. The van der Waals surface area contributed by atoms with Crippen LogP contribution in [0.5, 0.6) is 0 Å². The number of amides is 1. The summed E-state index contributed by atoms with van der Waals surface area (Å²) in [6, 6.07) is 12.6. The Morgan fingerprint density at radius 3 is 2.16 bits per heavy atom. The summed E-state index contributed by atoms with van der Waals surface area (Å²) in [6.45, 7) is 0. The Balaban J connectivity index is 1.75. The minimum atomic E-state index is 0.131. The third-order valence-corrected chi connectivity index (χ3v) is 4.26. The molecule has 1 aromatic carbocycles. The fourth-order valence-electron chi connectivity index (χ4n) is 3.47. The van der Waals surface area contributed by atoms with E-state index in [1.165, 1.54) is 11.1 Å². The standard InChI is InChI=1S/C16H14N2O/c19-16(11-7-9-17-10-8-11)18-14-5-6-15(18)13-4-2-1-3-12(13)14/h1-4,7-10,14-15H,5-6H2/t14-,15-/m0/s1. The van der Waals surface area contributed by atoms with Crippen molar-refractivity contribution < 1.29 is 4.79 Å². The molecule has 3 heterocycles. The zero-order chi connectivity index (χ0) is 12.8. The van der Waals surface area contributed by atoms with Crippen LogP contribution in [0, 0.1) is 0 Å². The van der Waals surface area contributed by atoms with Crippen LogP contribution in [0.3, 0.4) is 0 Å². The van der Waals surface area contributed by atoms with Crippen LogP contribution in [-0.4, -0.2) is 15.8 Å². The molecule has 0 unspecified atom stereocenters. The lowest BCUT2D eigenvalue weighted by Gasteiger charge is -2.22. The number of nitrogens with zero attached hydrogens (tertiary/aromatic N) is 2. The molecule has 0 N–H and O–H groups in total. The number of hydrogen-bond acceptors (Lipinski definition) is 2. The van der Waals surface area contributed by atoms with Crippen LogP contribution in [0.15, 0.2) is 48.8 Å². The van der Waals surface area contributed by atoms with Gasteiger partial charge in [-0.15, -0.1) is 0 Å². The Hall–Kier alpha value is -2.16. The summed E-state index contributed by atoms with van der Waals surface area (Å²) < 4.78 is 0. The highest BCUT2D eigenvalue weighted by Gasteiger charge is 2.46. The van der Waals surface area contributed by atoms with Gasteiger partial charge in [0.25, 0.3) is 5.91 Å². The summed E-state index contributed by atoms with van der Waals surface area (Å²) in [5, 5.41) is 0. The molecule has 1 aromatic heterocycles. The maximum Gasteiger partial charge on any atom is 0.254 e. The molecule has 1 fully saturated rings. The number of fused-ring (bicyclic) bond motifs is 5. The first-order chi connectivity index (χ1) is 9.36. The van der Waals surface area contributed by atoms with Gasteiger partial charge >= 0.3 is 0 Å². The van der Waals surface area contributed by atoms with Crippen molar-refractivity contribution in [3.63, 3.8) is 0 Å². The van der Waals surface area contributed by atoms with Crippen molar-refractivity contribution in [3.05, 3.63) is 65.5 Å². The highest BCUT2D eigenvalue weighted by Crippen LogP contribution is 2.53. The summed E-state index contributed by atoms with van der Waals surface area (Å²) in [5.74, 6) is 0.131. The van der Waals surface area contributed by atoms with Crippen molar-refractivity contribution >= 4 is 5.91 Å². The van der Waals surface area contributed by atoms with Gasteiger partial charge in [-0.25, -0.2) is 0 Å². The predicted octanol–water partition coefficient (Wildman–Crippen LogP) is 3.11. The molecular formula is C16H14N2O. The van der Waals surface area contributed by atoms with Crippen LogP contribution in [0.2, 0.25) is 0 Å². The number of pyridine rings is 1. The molecule has 94 valence electrons. The molecule has 3 nitrogen and oxygen atoms in total. The van der Waals surface area contributed by atoms with Crippen LogP contribution < -0.4 is 0 Å². The van der Waals surface area contributed by atoms with Crippen LogP contribution in [-0.2, 0) is 0 Å². The van der Waals surface area contributed by atoms with Gasteiger partial charge in [0, 0.05) is 18.0 Å². The lowest BCUT2D eigenvalue weighted by atomic mass is 9.92. The number of rotatable bonds is 1. The van der Waals surface area contributed by atoms with Gasteiger partial charge in [0.05, 0.1) is 12.1 Å². The molecule has 4 rings (SSSR count). The third kappa shape index (κ3) is 1.44. The number of hydrogen-bond donors (Lipinski definition) is 0. The molecule has 2 aliphatic rings. The number of carbonyl (C=O) groups is 1. The van der Waals surface area contributed by atoms with E-state index in [1.54, 1.807) is 24.5 Å². The van der Waals surface area contributed by atoms with E-state index in [9.17, 15) is 4.79 Å². The zero-order valence-electron chi connectivity index (χ0n) is 10.5. The van der Waals surface area contributed by atoms with E-state index >= 15 is 0 Å². The molecule has 2 aromatic rings. The molecule has 0 aliphatic carbocycles. The summed E-state index contributed by atoms with van der Waals surface area (Å²) >= 11 is 0. The molecule has 1 saturated heterocycles. The van der Waals surface area contributed by atoms with E-state index in [-0.39, 0.29) is 18.0 Å². The third-order valence-electron chi connectivity index (χ3n) is 4.26. The van der Waals surface area contributed by atoms with E-state index in [1.807, 2.05) is 0 Å². The van der Waals surface area contributed by atoms with Crippen molar-refractivity contribution in [1.29, 1.82) is 0 Å². The highest BCUT2D eigenvalue weighted by molar-refractivity contribution is 5.95. The summed E-state index contributed by atoms with van der Waals surface area (Å²) in [6.07, 6.45) is 5.52. The predicted molar refractivity (Wildman–Crippen MR) is 71.6 cm³/mol. The van der Waals surface area contributed by atoms with Crippen LogP contribution >= 0.6 is 0 Å². The van der Waals surface area contributed by atoms with E-state index in [2.05, 4.69) is 34.1 Å². The molecule has 0 spiro atoms. The average Bonchev–Trinajstić information content (AvgIpc) is 3.04. The fourth-order valence-corrected chi connectivity index (χ4v) is 3.47. The van der Waals surface area contributed by atoms with Crippen molar-refractivity contribution in [1.82, 2.24) is 9.88 Å². The van der Waals surface area contributed by atoms with Gasteiger partial charge < -0.3 is 4.90 Å². The van der Waals surface area contributed by atoms with Gasteiger partial charge in [-0.2, -0.15) is 0 Å². The first-order valence-electron chi connectivity index (χ1n) is 6.68. The highest BCUT2D eigenvalue weighted by atomic mass is 16.2. The Labute approximate surface area is 111 Å². The maximum absolute atomic E-state index is 12.7. The second-order valence-electron chi connectivity index (χ2n) is 5.19. The summed E-state index contributed by atoms with van der Waals surface area (Å²) in [4.78, 5) is 18.7. The molecule has 2 atom stereocenters. The number of aromatic nitrogens is 1. The van der Waals surface area contributed by atoms with Crippen LogP contribution in [0.1, 0.15) is 46.4 Å². The van der Waals surface area contributed by atoms with Gasteiger partial charge in [0.2, 0.25) is 0 Å².